The third-order valence-electron chi connectivity index (χ3n) is 5.77. The summed E-state index contributed by atoms with van der Waals surface area (Å²) in [4.78, 5) is 14.9. The van der Waals surface area contributed by atoms with Crippen molar-refractivity contribution >= 4 is 5.78 Å². The molecule has 2 fully saturated rings. The molecule has 2 aromatic rings. The van der Waals surface area contributed by atoms with Gasteiger partial charge in [0.25, 0.3) is 0 Å². The molecule has 4 heteroatoms. The summed E-state index contributed by atoms with van der Waals surface area (Å²) in [5.74, 6) is 1.85. The molecule has 0 aromatic heterocycles. The summed E-state index contributed by atoms with van der Waals surface area (Å²) < 4.78 is 11.6. The van der Waals surface area contributed by atoms with E-state index in [0.29, 0.717) is 31.3 Å². The van der Waals surface area contributed by atoms with Gasteiger partial charge in [-0.15, -0.1) is 0 Å². The van der Waals surface area contributed by atoms with Crippen LogP contribution in [0.15, 0.2) is 48.5 Å². The van der Waals surface area contributed by atoms with Crippen molar-refractivity contribution in [2.75, 3.05) is 13.7 Å². The van der Waals surface area contributed by atoms with Crippen LogP contribution in [0.2, 0.25) is 0 Å². The molecule has 0 saturated carbocycles. The van der Waals surface area contributed by atoms with Gasteiger partial charge in [0.05, 0.1) is 7.11 Å². The molecule has 27 heavy (non-hydrogen) atoms. The fraction of sp³-hybridized carbons (Fsp3) is 0.435. The lowest BCUT2D eigenvalue weighted by atomic mass is 9.85. The van der Waals surface area contributed by atoms with Crippen LogP contribution in [0.1, 0.15) is 49.3 Å². The van der Waals surface area contributed by atoms with E-state index in [0.717, 1.165) is 35.6 Å². The van der Waals surface area contributed by atoms with Crippen LogP contribution in [0.5, 0.6) is 11.5 Å². The van der Waals surface area contributed by atoms with Crippen molar-refractivity contribution in [3.8, 4) is 11.5 Å². The number of hydrogen-bond acceptors (Lipinski definition) is 4. The van der Waals surface area contributed by atoms with Crippen molar-refractivity contribution in [2.24, 2.45) is 0 Å². The zero-order valence-corrected chi connectivity index (χ0v) is 15.9. The Kier molecular flexibility index (Phi) is 5.44. The maximum absolute atomic E-state index is 12.3. The molecular formula is C23H27NO3. The minimum atomic E-state index is 0.154. The molecule has 142 valence electrons. The number of ketones is 1. The van der Waals surface area contributed by atoms with Crippen LogP contribution in [0.3, 0.4) is 0 Å². The lowest BCUT2D eigenvalue weighted by molar-refractivity contribution is -0.126. The van der Waals surface area contributed by atoms with Gasteiger partial charge in [-0.05, 0) is 42.6 Å². The number of nitrogens with zero attached hydrogens (tertiary/aromatic N) is 1. The lowest BCUT2D eigenvalue weighted by Gasteiger charge is -2.44. The summed E-state index contributed by atoms with van der Waals surface area (Å²) in [5.41, 5.74) is 2.27. The Labute approximate surface area is 161 Å². The number of rotatable bonds is 5. The Morgan fingerprint density at radius 2 is 1.89 bits per heavy atom. The maximum atomic E-state index is 12.3. The topological polar surface area (TPSA) is 38.8 Å². The van der Waals surface area contributed by atoms with E-state index in [1.165, 1.54) is 12.8 Å². The van der Waals surface area contributed by atoms with Crippen LogP contribution >= 0.6 is 0 Å². The molecule has 0 spiro atoms. The summed E-state index contributed by atoms with van der Waals surface area (Å²) >= 11 is 0. The third-order valence-corrected chi connectivity index (χ3v) is 5.77. The van der Waals surface area contributed by atoms with Gasteiger partial charge in [-0.25, -0.2) is 0 Å². The average molecular weight is 365 g/mol. The quantitative estimate of drug-likeness (QED) is 0.780. The molecule has 2 aliphatic rings. The minimum Gasteiger partial charge on any atom is -0.493 e. The molecule has 0 aliphatic carbocycles. The van der Waals surface area contributed by atoms with E-state index >= 15 is 0 Å². The molecule has 2 aliphatic heterocycles. The van der Waals surface area contributed by atoms with Crippen molar-refractivity contribution < 1.29 is 14.3 Å². The number of piperidine rings is 2. The summed E-state index contributed by atoms with van der Waals surface area (Å²) in [7, 11) is 1.66. The van der Waals surface area contributed by atoms with Crippen LogP contribution in [0.25, 0.3) is 0 Å². The van der Waals surface area contributed by atoms with Crippen molar-refractivity contribution in [3.05, 3.63) is 59.7 Å². The second-order valence-electron chi connectivity index (χ2n) is 7.53. The fourth-order valence-corrected chi connectivity index (χ4v) is 4.39. The van der Waals surface area contributed by atoms with Crippen LogP contribution < -0.4 is 9.47 Å². The first kappa shape index (κ1) is 18.1. The largest absolute Gasteiger partial charge is 0.493 e. The SMILES string of the molecule is COc1ccc([C@@H]2CC(=O)C[C@@H]3CCCCN32)cc1OCc1ccccc1. The number of benzene rings is 2. The molecule has 2 atom stereocenters. The van der Waals surface area contributed by atoms with E-state index in [-0.39, 0.29) is 6.04 Å². The molecule has 2 aromatic carbocycles. The highest BCUT2D eigenvalue weighted by Crippen LogP contribution is 2.40. The molecule has 4 rings (SSSR count). The Hall–Kier alpha value is -2.33. The smallest absolute Gasteiger partial charge is 0.161 e. The standard InChI is InChI=1S/C23H27NO3/c1-26-22-11-10-18(13-23(22)27-16-17-7-3-2-4-8-17)21-15-20(25)14-19-9-5-6-12-24(19)21/h2-4,7-8,10-11,13,19,21H,5-6,9,12,14-16H2,1H3/t19-,21-/m0/s1. The van der Waals surface area contributed by atoms with Gasteiger partial charge in [0, 0.05) is 24.9 Å². The third kappa shape index (κ3) is 4.01. The van der Waals surface area contributed by atoms with Gasteiger partial charge in [0.1, 0.15) is 12.4 Å². The predicted molar refractivity (Wildman–Crippen MR) is 105 cm³/mol. The number of carbonyl (C=O) groups excluding carboxylic acids is 1. The zero-order chi connectivity index (χ0) is 18.6. The summed E-state index contributed by atoms with van der Waals surface area (Å²) in [6.45, 7) is 1.57. The Bertz CT molecular complexity index is 789. The number of methoxy groups -OCH3 is 1. The van der Waals surface area contributed by atoms with Gasteiger partial charge in [0.15, 0.2) is 11.5 Å². The van der Waals surface area contributed by atoms with Crippen molar-refractivity contribution in [2.45, 2.75) is 50.8 Å². The van der Waals surface area contributed by atoms with Gasteiger partial charge < -0.3 is 9.47 Å². The minimum absolute atomic E-state index is 0.154. The summed E-state index contributed by atoms with van der Waals surface area (Å²) in [5, 5.41) is 0. The normalized spacial score (nSPS) is 22.9. The first-order valence-corrected chi connectivity index (χ1v) is 9.86. The van der Waals surface area contributed by atoms with Gasteiger partial charge in [0.2, 0.25) is 0 Å². The number of hydrogen-bond donors (Lipinski definition) is 0. The van der Waals surface area contributed by atoms with E-state index < -0.39 is 0 Å². The van der Waals surface area contributed by atoms with E-state index in [1.807, 2.05) is 24.3 Å². The van der Waals surface area contributed by atoms with Crippen LogP contribution in [0, 0.1) is 0 Å². The molecule has 0 amide bonds. The molecular weight excluding hydrogens is 338 g/mol. The second kappa shape index (κ2) is 8.13. The molecule has 0 unspecified atom stereocenters. The molecule has 2 saturated heterocycles. The van der Waals surface area contributed by atoms with E-state index in [2.05, 4.69) is 29.2 Å². The predicted octanol–water partition coefficient (Wildman–Crippen LogP) is 4.53. The first-order valence-electron chi connectivity index (χ1n) is 9.86. The van der Waals surface area contributed by atoms with Gasteiger partial charge in [-0.2, -0.15) is 0 Å². The molecule has 0 N–H and O–H groups in total. The monoisotopic (exact) mass is 365 g/mol. The number of ether oxygens (including phenoxy) is 2. The molecule has 4 nitrogen and oxygen atoms in total. The maximum Gasteiger partial charge on any atom is 0.161 e. The van der Waals surface area contributed by atoms with Gasteiger partial charge in [-0.1, -0.05) is 42.8 Å². The highest BCUT2D eigenvalue weighted by molar-refractivity contribution is 5.80. The number of carbonyl (C=O) groups is 1. The Morgan fingerprint density at radius 3 is 2.70 bits per heavy atom. The van der Waals surface area contributed by atoms with Gasteiger partial charge in [-0.3, -0.25) is 9.69 Å². The summed E-state index contributed by atoms with van der Waals surface area (Å²) in [6.07, 6.45) is 4.89. The van der Waals surface area contributed by atoms with Crippen molar-refractivity contribution in [1.29, 1.82) is 0 Å². The van der Waals surface area contributed by atoms with E-state index in [1.54, 1.807) is 7.11 Å². The first-order chi connectivity index (χ1) is 13.2. The van der Waals surface area contributed by atoms with E-state index in [4.69, 9.17) is 9.47 Å². The fourth-order valence-electron chi connectivity index (χ4n) is 4.39. The molecule has 0 bridgehead atoms. The highest BCUT2D eigenvalue weighted by Gasteiger charge is 2.37. The van der Waals surface area contributed by atoms with Gasteiger partial charge >= 0.3 is 0 Å². The average Bonchev–Trinajstić information content (AvgIpc) is 2.72. The molecule has 0 radical (unpaired) electrons. The summed E-state index contributed by atoms with van der Waals surface area (Å²) in [6, 6.07) is 16.8. The molecule has 2 heterocycles. The van der Waals surface area contributed by atoms with Crippen molar-refractivity contribution in [3.63, 3.8) is 0 Å². The zero-order valence-electron chi connectivity index (χ0n) is 15.9. The second-order valence-corrected chi connectivity index (χ2v) is 7.53. The Morgan fingerprint density at radius 1 is 1.04 bits per heavy atom. The highest BCUT2D eigenvalue weighted by atomic mass is 16.5. The van der Waals surface area contributed by atoms with E-state index in [9.17, 15) is 4.79 Å². The van der Waals surface area contributed by atoms with Crippen molar-refractivity contribution in [1.82, 2.24) is 4.90 Å². The van der Waals surface area contributed by atoms with Crippen LogP contribution in [-0.2, 0) is 11.4 Å². The Balaban J connectivity index is 1.58. The lowest BCUT2D eigenvalue weighted by Crippen LogP contribution is -2.47. The van der Waals surface area contributed by atoms with Crippen LogP contribution in [-0.4, -0.2) is 30.4 Å². The number of fused-ring (bicyclic) bond motifs is 1. The number of Topliss-reactive ketones (excluding diaryl/α,β-unsaturated/α-hetero) is 1. The van der Waals surface area contributed by atoms with Crippen LogP contribution in [0.4, 0.5) is 0 Å².